The lowest BCUT2D eigenvalue weighted by Crippen LogP contribution is -2.56. The largest absolute Gasteiger partial charge is 0.427 e. The van der Waals surface area contributed by atoms with E-state index in [1.54, 1.807) is 6.07 Å². The number of Topliss-reactive ketones (excluding diaryl/α,β-unsaturated/α-hetero) is 1. The number of hydrogen-bond donors (Lipinski definition) is 0. The van der Waals surface area contributed by atoms with E-state index in [0.29, 0.717) is 23.2 Å². The number of rotatable bonds is 4. The molecule has 2 aliphatic heterocycles. The van der Waals surface area contributed by atoms with Gasteiger partial charge in [0.05, 0.1) is 22.5 Å². The zero-order valence-electron chi connectivity index (χ0n) is 19.4. The first-order chi connectivity index (χ1) is 15.8. The maximum atomic E-state index is 14.3. The standard InChI is InChI=1S/C29H27NO3/c1-18(2)17-29-27(31)25(21-13-9-19(3)10-14-21)26(22-15-11-20(4)12-16-22)30(29)24-8-6-5-7-23(24)28(32)33-29/h5-16,18H,17H2,1-4H3. The average Bonchev–Trinajstić information content (AvgIpc) is 3.03. The number of nitrogens with zero attached hydrogens (tertiary/aromatic N) is 1. The Morgan fingerprint density at radius 2 is 1.39 bits per heavy atom. The second-order valence-corrected chi connectivity index (χ2v) is 9.41. The van der Waals surface area contributed by atoms with Crippen molar-refractivity contribution in [2.24, 2.45) is 5.92 Å². The molecule has 0 aliphatic carbocycles. The Morgan fingerprint density at radius 3 is 2.00 bits per heavy atom. The summed E-state index contributed by atoms with van der Waals surface area (Å²) < 4.78 is 6.09. The number of carbonyl (C=O) groups excluding carboxylic acids is 2. The van der Waals surface area contributed by atoms with Crippen molar-refractivity contribution in [1.82, 2.24) is 0 Å². The fourth-order valence-corrected chi connectivity index (χ4v) is 4.91. The molecule has 1 atom stereocenters. The highest BCUT2D eigenvalue weighted by molar-refractivity contribution is 6.38. The van der Waals surface area contributed by atoms with Crippen molar-refractivity contribution < 1.29 is 14.3 Å². The summed E-state index contributed by atoms with van der Waals surface area (Å²) >= 11 is 0. The third kappa shape index (κ3) is 3.29. The monoisotopic (exact) mass is 437 g/mol. The first-order valence-electron chi connectivity index (χ1n) is 11.4. The van der Waals surface area contributed by atoms with Crippen LogP contribution in [0.5, 0.6) is 0 Å². The molecule has 4 heteroatoms. The first-order valence-corrected chi connectivity index (χ1v) is 11.4. The Hall–Kier alpha value is -3.66. The van der Waals surface area contributed by atoms with Gasteiger partial charge in [0.1, 0.15) is 0 Å². The Balaban J connectivity index is 1.86. The van der Waals surface area contributed by atoms with Gasteiger partial charge in [0.2, 0.25) is 5.78 Å². The molecule has 1 unspecified atom stereocenters. The molecule has 5 rings (SSSR count). The number of hydrogen-bond acceptors (Lipinski definition) is 4. The predicted octanol–water partition coefficient (Wildman–Crippen LogP) is 6.17. The summed E-state index contributed by atoms with van der Waals surface area (Å²) in [5.41, 5.74) is 5.15. The SMILES string of the molecule is Cc1ccc(C2=C(c3ccc(C)cc3)N3c4ccccc4C(=O)OC3(CC(C)C)C2=O)cc1. The predicted molar refractivity (Wildman–Crippen MR) is 131 cm³/mol. The molecule has 0 saturated carbocycles. The molecule has 3 aromatic rings. The molecule has 166 valence electrons. The van der Waals surface area contributed by atoms with Gasteiger partial charge in [-0.05, 0) is 43.0 Å². The minimum atomic E-state index is -1.40. The van der Waals surface area contributed by atoms with Crippen LogP contribution in [0, 0.1) is 19.8 Å². The minimum Gasteiger partial charge on any atom is -0.427 e. The molecular weight excluding hydrogens is 410 g/mol. The van der Waals surface area contributed by atoms with Gasteiger partial charge in [-0.2, -0.15) is 0 Å². The zero-order valence-corrected chi connectivity index (χ0v) is 19.4. The molecule has 33 heavy (non-hydrogen) atoms. The molecule has 0 radical (unpaired) electrons. The van der Waals surface area contributed by atoms with E-state index in [1.165, 1.54) is 0 Å². The van der Waals surface area contributed by atoms with E-state index in [2.05, 4.69) is 0 Å². The molecule has 0 fully saturated rings. The second-order valence-electron chi connectivity index (χ2n) is 9.41. The van der Waals surface area contributed by atoms with Gasteiger partial charge in [-0.1, -0.05) is 85.6 Å². The van der Waals surface area contributed by atoms with E-state index in [-0.39, 0.29) is 11.7 Å². The van der Waals surface area contributed by atoms with Gasteiger partial charge < -0.3 is 4.74 Å². The number of benzene rings is 3. The number of ether oxygens (including phenoxy) is 1. The third-order valence-electron chi connectivity index (χ3n) is 6.38. The van der Waals surface area contributed by atoms with Gasteiger partial charge in [-0.25, -0.2) is 4.79 Å². The lowest BCUT2D eigenvalue weighted by Gasteiger charge is -2.44. The molecule has 0 N–H and O–H groups in total. The molecule has 2 heterocycles. The molecule has 0 bridgehead atoms. The Labute approximate surface area is 194 Å². The number of anilines is 1. The maximum absolute atomic E-state index is 14.3. The summed E-state index contributed by atoms with van der Waals surface area (Å²) in [5.74, 6) is -0.492. The number of fused-ring (bicyclic) bond motifs is 3. The van der Waals surface area contributed by atoms with Crippen LogP contribution in [0.4, 0.5) is 5.69 Å². The van der Waals surface area contributed by atoms with Gasteiger partial charge in [-0.15, -0.1) is 0 Å². The molecule has 0 aromatic heterocycles. The van der Waals surface area contributed by atoms with Gasteiger partial charge in [0.25, 0.3) is 5.72 Å². The van der Waals surface area contributed by atoms with Gasteiger partial charge in [0.15, 0.2) is 0 Å². The molecule has 0 amide bonds. The van der Waals surface area contributed by atoms with Gasteiger partial charge >= 0.3 is 5.97 Å². The van der Waals surface area contributed by atoms with E-state index < -0.39 is 11.7 Å². The lowest BCUT2D eigenvalue weighted by atomic mass is 9.90. The van der Waals surface area contributed by atoms with E-state index in [9.17, 15) is 9.59 Å². The quantitative estimate of drug-likeness (QED) is 0.458. The smallest absolute Gasteiger partial charge is 0.342 e. The first kappa shape index (κ1) is 21.2. The highest BCUT2D eigenvalue weighted by Crippen LogP contribution is 2.52. The number of esters is 1. The third-order valence-corrected chi connectivity index (χ3v) is 6.38. The second kappa shape index (κ2) is 7.73. The molecule has 2 aliphatic rings. The van der Waals surface area contributed by atoms with Crippen LogP contribution < -0.4 is 4.90 Å². The topological polar surface area (TPSA) is 46.6 Å². The summed E-state index contributed by atoms with van der Waals surface area (Å²) in [6, 6.07) is 23.5. The number of carbonyl (C=O) groups is 2. The van der Waals surface area contributed by atoms with Gasteiger partial charge in [-0.3, -0.25) is 9.69 Å². The van der Waals surface area contributed by atoms with E-state index in [0.717, 1.165) is 28.0 Å². The van der Waals surface area contributed by atoms with Crippen molar-refractivity contribution in [3.05, 3.63) is 101 Å². The van der Waals surface area contributed by atoms with Crippen LogP contribution in [-0.2, 0) is 9.53 Å². The molecule has 3 aromatic carbocycles. The van der Waals surface area contributed by atoms with Crippen LogP contribution in [0.2, 0.25) is 0 Å². The number of aryl methyl sites for hydroxylation is 2. The maximum Gasteiger partial charge on any atom is 0.342 e. The van der Waals surface area contributed by atoms with E-state index in [1.807, 2.05) is 99.3 Å². The van der Waals surface area contributed by atoms with Crippen molar-refractivity contribution in [1.29, 1.82) is 0 Å². The summed E-state index contributed by atoms with van der Waals surface area (Å²) in [6.07, 6.45) is 0.399. The summed E-state index contributed by atoms with van der Waals surface area (Å²) in [7, 11) is 0. The van der Waals surface area contributed by atoms with Crippen molar-refractivity contribution >= 4 is 28.7 Å². The lowest BCUT2D eigenvalue weighted by molar-refractivity contribution is -0.132. The summed E-state index contributed by atoms with van der Waals surface area (Å²) in [5, 5.41) is 0. The van der Waals surface area contributed by atoms with Crippen LogP contribution in [-0.4, -0.2) is 17.5 Å². The molecular formula is C29H27NO3. The molecule has 4 nitrogen and oxygen atoms in total. The van der Waals surface area contributed by atoms with Crippen LogP contribution in [0.25, 0.3) is 11.3 Å². The molecule has 0 spiro atoms. The highest BCUT2D eigenvalue weighted by Gasteiger charge is 2.60. The average molecular weight is 438 g/mol. The summed E-state index contributed by atoms with van der Waals surface area (Å²) in [4.78, 5) is 29.4. The fraction of sp³-hybridized carbons (Fsp3) is 0.241. The van der Waals surface area contributed by atoms with Crippen LogP contribution in [0.3, 0.4) is 0 Å². The Morgan fingerprint density at radius 1 is 0.818 bits per heavy atom. The highest BCUT2D eigenvalue weighted by atomic mass is 16.6. The van der Waals surface area contributed by atoms with Crippen molar-refractivity contribution in [3.63, 3.8) is 0 Å². The fourth-order valence-electron chi connectivity index (χ4n) is 4.91. The van der Waals surface area contributed by atoms with E-state index in [4.69, 9.17) is 4.74 Å². The minimum absolute atomic E-state index is 0.131. The Bertz CT molecular complexity index is 1290. The number of para-hydroxylation sites is 1. The van der Waals surface area contributed by atoms with E-state index >= 15 is 0 Å². The van der Waals surface area contributed by atoms with Crippen molar-refractivity contribution in [3.8, 4) is 0 Å². The van der Waals surface area contributed by atoms with Gasteiger partial charge in [0, 0.05) is 6.42 Å². The summed E-state index contributed by atoms with van der Waals surface area (Å²) in [6.45, 7) is 8.16. The van der Waals surface area contributed by atoms with Crippen molar-refractivity contribution in [2.75, 3.05) is 4.90 Å². The van der Waals surface area contributed by atoms with Crippen LogP contribution in [0.15, 0.2) is 72.8 Å². The zero-order chi connectivity index (χ0) is 23.3. The Kier molecular flexibility index (Phi) is 4.97. The molecule has 0 saturated heterocycles. The number of ketones is 1. The van der Waals surface area contributed by atoms with Crippen LogP contribution >= 0.6 is 0 Å². The van der Waals surface area contributed by atoms with Crippen molar-refractivity contribution in [2.45, 2.75) is 39.8 Å². The van der Waals surface area contributed by atoms with Crippen LogP contribution in [0.1, 0.15) is 52.9 Å². The normalized spacial score (nSPS) is 19.6.